The molecule has 0 aliphatic rings. The van der Waals surface area contributed by atoms with Gasteiger partial charge in [0.05, 0.1) is 4.92 Å². The van der Waals surface area contributed by atoms with E-state index in [1.165, 1.54) is 0 Å². The van der Waals surface area contributed by atoms with E-state index in [4.69, 9.17) is 11.6 Å². The number of halogens is 1. The Hall–Kier alpha value is -1.29. The molecule has 0 aromatic heterocycles. The predicted octanol–water partition coefficient (Wildman–Crippen LogP) is 4.45. The van der Waals surface area contributed by atoms with Gasteiger partial charge < -0.3 is 4.90 Å². The van der Waals surface area contributed by atoms with Crippen molar-refractivity contribution in [1.29, 1.82) is 0 Å². The van der Waals surface area contributed by atoms with Crippen LogP contribution in [0.2, 0.25) is 0 Å². The highest BCUT2D eigenvalue weighted by molar-refractivity contribution is 6.17. The van der Waals surface area contributed by atoms with E-state index in [1.54, 1.807) is 12.1 Å². The second kappa shape index (κ2) is 7.48. The molecule has 0 aliphatic heterocycles. The minimum atomic E-state index is -0.380. The minimum absolute atomic E-state index is 0.0958. The largest absolute Gasteiger partial charge is 0.371 e. The summed E-state index contributed by atoms with van der Waals surface area (Å²) in [4.78, 5) is 12.7. The first-order valence-corrected chi connectivity index (χ1v) is 7.46. The number of benzene rings is 1. The maximum absolute atomic E-state index is 10.9. The molecule has 0 unspecified atom stereocenters. The highest BCUT2D eigenvalue weighted by Crippen LogP contribution is 2.28. The van der Waals surface area contributed by atoms with Crippen LogP contribution in [0.25, 0.3) is 0 Å². The maximum atomic E-state index is 10.9. The molecule has 5 heteroatoms. The van der Waals surface area contributed by atoms with Gasteiger partial charge in [-0.3, -0.25) is 10.1 Å². The SMILES string of the molecule is CC(C)CN(CC(C)C)c1ccc([N+](=O)[O-])cc1CCl. The second-order valence-corrected chi connectivity index (χ2v) is 6.16. The molecule has 0 fully saturated rings. The van der Waals surface area contributed by atoms with Crippen molar-refractivity contribution in [3.05, 3.63) is 33.9 Å². The summed E-state index contributed by atoms with van der Waals surface area (Å²) in [6.45, 7) is 10.5. The summed E-state index contributed by atoms with van der Waals surface area (Å²) in [5.41, 5.74) is 1.92. The zero-order valence-corrected chi connectivity index (χ0v) is 13.4. The van der Waals surface area contributed by atoms with Gasteiger partial charge in [0.2, 0.25) is 0 Å². The minimum Gasteiger partial charge on any atom is -0.371 e. The molecule has 4 nitrogen and oxygen atoms in total. The van der Waals surface area contributed by atoms with E-state index < -0.39 is 0 Å². The maximum Gasteiger partial charge on any atom is 0.269 e. The Labute approximate surface area is 125 Å². The van der Waals surface area contributed by atoms with Gasteiger partial charge in [0, 0.05) is 36.8 Å². The monoisotopic (exact) mass is 298 g/mol. The van der Waals surface area contributed by atoms with Crippen LogP contribution < -0.4 is 4.90 Å². The van der Waals surface area contributed by atoms with Crippen LogP contribution in [0.5, 0.6) is 0 Å². The Kier molecular flexibility index (Phi) is 6.27. The summed E-state index contributed by atoms with van der Waals surface area (Å²) in [5, 5.41) is 10.9. The van der Waals surface area contributed by atoms with Gasteiger partial charge in [-0.15, -0.1) is 11.6 Å². The van der Waals surface area contributed by atoms with E-state index in [-0.39, 0.29) is 16.5 Å². The summed E-state index contributed by atoms with van der Waals surface area (Å²) < 4.78 is 0. The van der Waals surface area contributed by atoms with Gasteiger partial charge in [0.25, 0.3) is 5.69 Å². The molecule has 0 amide bonds. The lowest BCUT2D eigenvalue weighted by molar-refractivity contribution is -0.384. The topological polar surface area (TPSA) is 46.4 Å². The van der Waals surface area contributed by atoms with Gasteiger partial charge in [-0.1, -0.05) is 27.7 Å². The first-order chi connectivity index (χ1) is 9.35. The standard InChI is InChI=1S/C15H23ClN2O2/c1-11(2)9-17(10-12(3)4)15-6-5-14(18(19)20)7-13(15)8-16/h5-7,11-12H,8-10H2,1-4H3. The van der Waals surface area contributed by atoms with Crippen LogP contribution in [0.15, 0.2) is 18.2 Å². The molecule has 1 rings (SSSR count). The Balaban J connectivity index is 3.14. The molecule has 0 N–H and O–H groups in total. The summed E-state index contributed by atoms with van der Waals surface area (Å²) in [6, 6.07) is 4.95. The molecule has 112 valence electrons. The molecule has 0 atom stereocenters. The van der Waals surface area contributed by atoms with Crippen LogP contribution >= 0.6 is 11.6 Å². The van der Waals surface area contributed by atoms with Gasteiger partial charge in [0.1, 0.15) is 0 Å². The average Bonchev–Trinajstić information content (AvgIpc) is 2.35. The third-order valence-corrected chi connectivity index (χ3v) is 3.22. The first kappa shape index (κ1) is 16.8. The van der Waals surface area contributed by atoms with Crippen molar-refractivity contribution in [3.63, 3.8) is 0 Å². The third-order valence-electron chi connectivity index (χ3n) is 2.93. The van der Waals surface area contributed by atoms with Crippen LogP contribution in [0.1, 0.15) is 33.3 Å². The highest BCUT2D eigenvalue weighted by atomic mass is 35.5. The van der Waals surface area contributed by atoms with E-state index >= 15 is 0 Å². The Morgan fingerprint density at radius 3 is 2.15 bits per heavy atom. The van der Waals surface area contributed by atoms with Gasteiger partial charge >= 0.3 is 0 Å². The normalized spacial score (nSPS) is 11.2. The van der Waals surface area contributed by atoms with E-state index in [0.717, 1.165) is 24.3 Å². The molecule has 0 heterocycles. The smallest absolute Gasteiger partial charge is 0.269 e. The number of anilines is 1. The van der Waals surface area contributed by atoms with Crippen molar-refractivity contribution in [2.45, 2.75) is 33.6 Å². The summed E-state index contributed by atoms with van der Waals surface area (Å²) in [6.07, 6.45) is 0. The van der Waals surface area contributed by atoms with Crippen LogP contribution in [-0.2, 0) is 5.88 Å². The van der Waals surface area contributed by atoms with E-state index in [9.17, 15) is 10.1 Å². The van der Waals surface area contributed by atoms with Crippen molar-refractivity contribution in [1.82, 2.24) is 0 Å². The van der Waals surface area contributed by atoms with Crippen LogP contribution in [0.4, 0.5) is 11.4 Å². The average molecular weight is 299 g/mol. The van der Waals surface area contributed by atoms with E-state index in [1.807, 2.05) is 6.07 Å². The number of non-ortho nitro benzene ring substituents is 1. The fraction of sp³-hybridized carbons (Fsp3) is 0.600. The number of rotatable bonds is 7. The molecule has 20 heavy (non-hydrogen) atoms. The van der Waals surface area contributed by atoms with Gasteiger partial charge in [-0.25, -0.2) is 0 Å². The molecule has 0 bridgehead atoms. The van der Waals surface area contributed by atoms with Crippen LogP contribution in [-0.4, -0.2) is 18.0 Å². The van der Waals surface area contributed by atoms with Gasteiger partial charge in [-0.2, -0.15) is 0 Å². The number of hydrogen-bond acceptors (Lipinski definition) is 3. The number of nitro benzene ring substituents is 1. The summed E-state index contributed by atoms with van der Waals surface area (Å²) in [7, 11) is 0. The molecule has 0 radical (unpaired) electrons. The van der Waals surface area contributed by atoms with E-state index in [2.05, 4.69) is 32.6 Å². The molecular weight excluding hydrogens is 276 g/mol. The number of nitro groups is 1. The fourth-order valence-electron chi connectivity index (χ4n) is 2.25. The molecular formula is C15H23ClN2O2. The van der Waals surface area contributed by atoms with Gasteiger partial charge in [-0.05, 0) is 23.5 Å². The highest BCUT2D eigenvalue weighted by Gasteiger charge is 2.17. The van der Waals surface area contributed by atoms with Gasteiger partial charge in [0.15, 0.2) is 0 Å². The van der Waals surface area contributed by atoms with E-state index in [0.29, 0.717) is 11.8 Å². The molecule has 0 aliphatic carbocycles. The zero-order chi connectivity index (χ0) is 15.3. The number of hydrogen-bond donors (Lipinski definition) is 0. The number of nitrogens with zero attached hydrogens (tertiary/aromatic N) is 2. The Morgan fingerprint density at radius 1 is 1.20 bits per heavy atom. The lowest BCUT2D eigenvalue weighted by Crippen LogP contribution is -2.32. The molecule has 0 saturated heterocycles. The zero-order valence-electron chi connectivity index (χ0n) is 12.6. The van der Waals surface area contributed by atoms with Crippen molar-refractivity contribution < 1.29 is 4.92 Å². The summed E-state index contributed by atoms with van der Waals surface area (Å²) >= 11 is 5.98. The second-order valence-electron chi connectivity index (χ2n) is 5.90. The number of alkyl halides is 1. The quantitative estimate of drug-likeness (QED) is 0.424. The third kappa shape index (κ3) is 4.67. The van der Waals surface area contributed by atoms with Crippen molar-refractivity contribution >= 4 is 23.0 Å². The van der Waals surface area contributed by atoms with Crippen molar-refractivity contribution in [2.24, 2.45) is 11.8 Å². The van der Waals surface area contributed by atoms with Crippen molar-refractivity contribution in [2.75, 3.05) is 18.0 Å². The lowest BCUT2D eigenvalue weighted by atomic mass is 10.1. The lowest BCUT2D eigenvalue weighted by Gasteiger charge is -2.30. The van der Waals surface area contributed by atoms with Crippen LogP contribution in [0.3, 0.4) is 0 Å². The summed E-state index contributed by atoms with van der Waals surface area (Å²) in [5.74, 6) is 1.32. The predicted molar refractivity (Wildman–Crippen MR) is 84.5 cm³/mol. The Morgan fingerprint density at radius 2 is 1.75 bits per heavy atom. The Bertz CT molecular complexity index is 451. The molecule has 0 spiro atoms. The molecule has 1 aromatic carbocycles. The fourth-order valence-corrected chi connectivity index (χ4v) is 2.47. The first-order valence-electron chi connectivity index (χ1n) is 6.93. The molecule has 1 aromatic rings. The molecule has 0 saturated carbocycles. The van der Waals surface area contributed by atoms with Crippen molar-refractivity contribution in [3.8, 4) is 0 Å². The van der Waals surface area contributed by atoms with Crippen LogP contribution in [0, 0.1) is 22.0 Å².